The molecule has 1 amide bonds. The highest BCUT2D eigenvalue weighted by Crippen LogP contribution is 2.43. The number of carbonyl (C=O) groups is 2. The maximum absolute atomic E-state index is 13.3. The molecular formula is C26H32N2O6. The Morgan fingerprint density at radius 3 is 2.24 bits per heavy atom. The summed E-state index contributed by atoms with van der Waals surface area (Å²) in [5.41, 5.74) is 0.859. The number of rotatable bonds is 9. The first kappa shape index (κ1) is 25.1. The van der Waals surface area contributed by atoms with E-state index in [-0.39, 0.29) is 23.0 Å². The van der Waals surface area contributed by atoms with Gasteiger partial charge in [-0.05, 0) is 57.8 Å². The van der Waals surface area contributed by atoms with Crippen molar-refractivity contribution in [2.24, 2.45) is 0 Å². The molecule has 3 rings (SSSR count). The molecule has 2 aromatic rings. The van der Waals surface area contributed by atoms with E-state index in [1.807, 2.05) is 51.0 Å². The van der Waals surface area contributed by atoms with E-state index in [1.165, 1.54) is 19.1 Å². The molecule has 1 atom stereocenters. The minimum Gasteiger partial charge on any atom is -0.506 e. The summed E-state index contributed by atoms with van der Waals surface area (Å²) in [6.07, 6.45) is -0.0480. The van der Waals surface area contributed by atoms with Crippen LogP contribution in [0.15, 0.2) is 48.0 Å². The van der Waals surface area contributed by atoms with Crippen LogP contribution in [-0.2, 0) is 9.59 Å². The van der Waals surface area contributed by atoms with Gasteiger partial charge in [0.05, 0.1) is 31.9 Å². The molecule has 8 nitrogen and oxygen atoms in total. The number of methoxy groups -OCH3 is 2. The zero-order chi connectivity index (χ0) is 25.0. The van der Waals surface area contributed by atoms with Gasteiger partial charge in [0.25, 0.3) is 11.7 Å². The number of benzene rings is 2. The molecule has 1 fully saturated rings. The third-order valence-corrected chi connectivity index (χ3v) is 5.54. The molecule has 0 bridgehead atoms. The molecule has 1 aliphatic rings. The lowest BCUT2D eigenvalue weighted by Gasteiger charge is -2.27. The quantitative estimate of drug-likeness (QED) is 0.342. The number of likely N-dealkylation sites (N-methyl/N-ethyl adjacent to an activating group) is 1. The molecule has 1 heterocycles. The molecule has 0 aliphatic carbocycles. The zero-order valence-corrected chi connectivity index (χ0v) is 20.5. The van der Waals surface area contributed by atoms with Gasteiger partial charge in [-0.1, -0.05) is 18.2 Å². The zero-order valence-electron chi connectivity index (χ0n) is 20.5. The summed E-state index contributed by atoms with van der Waals surface area (Å²) in [6.45, 7) is 4.69. The van der Waals surface area contributed by atoms with Gasteiger partial charge in [-0.15, -0.1) is 0 Å². The standard InChI is InChI=1S/C26H32N2O6/c1-16(2)34-18-10-7-9-17(15-18)23-22(25(30)26(31)28(23)14-13-27(3)4)24(29)21-19(32-5)11-8-12-20(21)33-6/h7-12,15-16,23,29H,13-14H2,1-6H3/b24-22+. The van der Waals surface area contributed by atoms with Gasteiger partial charge >= 0.3 is 0 Å². The van der Waals surface area contributed by atoms with E-state index in [9.17, 15) is 14.7 Å². The maximum Gasteiger partial charge on any atom is 0.295 e. The fourth-order valence-corrected chi connectivity index (χ4v) is 4.01. The van der Waals surface area contributed by atoms with Crippen molar-refractivity contribution in [3.63, 3.8) is 0 Å². The molecule has 0 aromatic heterocycles. The number of ether oxygens (including phenoxy) is 3. The van der Waals surface area contributed by atoms with Crippen molar-refractivity contribution in [3.05, 3.63) is 59.2 Å². The Morgan fingerprint density at radius 1 is 1.06 bits per heavy atom. The van der Waals surface area contributed by atoms with Gasteiger partial charge in [0.15, 0.2) is 0 Å². The van der Waals surface area contributed by atoms with E-state index in [4.69, 9.17) is 14.2 Å². The van der Waals surface area contributed by atoms with E-state index in [0.717, 1.165) is 0 Å². The highest BCUT2D eigenvalue weighted by atomic mass is 16.5. The summed E-state index contributed by atoms with van der Waals surface area (Å²) in [7, 11) is 6.71. The molecule has 34 heavy (non-hydrogen) atoms. The Bertz CT molecular complexity index is 1070. The molecule has 2 aromatic carbocycles. The summed E-state index contributed by atoms with van der Waals surface area (Å²) in [5, 5.41) is 11.5. The SMILES string of the molecule is COc1cccc(OC)c1/C(O)=C1\C(=O)C(=O)N(CCN(C)C)C1c1cccc(OC(C)C)c1. The molecule has 1 aliphatic heterocycles. The third kappa shape index (κ3) is 5.02. The van der Waals surface area contributed by atoms with Crippen LogP contribution in [0.3, 0.4) is 0 Å². The van der Waals surface area contributed by atoms with E-state index in [2.05, 4.69) is 0 Å². The number of ketones is 1. The van der Waals surface area contributed by atoms with E-state index >= 15 is 0 Å². The molecular weight excluding hydrogens is 436 g/mol. The van der Waals surface area contributed by atoms with Gasteiger partial charge in [0.1, 0.15) is 28.6 Å². The molecule has 182 valence electrons. The summed E-state index contributed by atoms with van der Waals surface area (Å²) >= 11 is 0. The summed E-state index contributed by atoms with van der Waals surface area (Å²) in [4.78, 5) is 29.8. The number of hydrogen-bond acceptors (Lipinski definition) is 7. The predicted molar refractivity (Wildman–Crippen MR) is 129 cm³/mol. The second-order valence-corrected chi connectivity index (χ2v) is 8.57. The van der Waals surface area contributed by atoms with Crippen LogP contribution < -0.4 is 14.2 Å². The molecule has 0 saturated carbocycles. The Labute approximate surface area is 200 Å². The lowest BCUT2D eigenvalue weighted by atomic mass is 9.94. The average Bonchev–Trinajstić information content (AvgIpc) is 3.06. The first-order valence-electron chi connectivity index (χ1n) is 11.1. The second-order valence-electron chi connectivity index (χ2n) is 8.57. The molecule has 1 N–H and O–H groups in total. The van der Waals surface area contributed by atoms with Crippen molar-refractivity contribution in [1.82, 2.24) is 9.80 Å². The van der Waals surface area contributed by atoms with E-state index in [0.29, 0.717) is 35.9 Å². The first-order valence-corrected chi connectivity index (χ1v) is 11.1. The number of amides is 1. The van der Waals surface area contributed by atoms with Crippen molar-refractivity contribution < 1.29 is 28.9 Å². The monoisotopic (exact) mass is 468 g/mol. The van der Waals surface area contributed by atoms with Crippen LogP contribution in [0.4, 0.5) is 0 Å². The van der Waals surface area contributed by atoms with Gasteiger partial charge in [-0.2, -0.15) is 0 Å². The molecule has 0 spiro atoms. The van der Waals surface area contributed by atoms with E-state index < -0.39 is 17.7 Å². The van der Waals surface area contributed by atoms with Crippen LogP contribution >= 0.6 is 0 Å². The molecule has 0 radical (unpaired) electrons. The summed E-state index contributed by atoms with van der Waals surface area (Å²) in [6, 6.07) is 11.5. The number of nitrogens with zero attached hydrogens (tertiary/aromatic N) is 2. The largest absolute Gasteiger partial charge is 0.506 e. The Balaban J connectivity index is 2.24. The number of Topliss-reactive ketones (excluding diaryl/α,β-unsaturated/α-hetero) is 1. The smallest absolute Gasteiger partial charge is 0.295 e. The van der Waals surface area contributed by atoms with Gasteiger partial charge in [-0.3, -0.25) is 9.59 Å². The lowest BCUT2D eigenvalue weighted by molar-refractivity contribution is -0.140. The van der Waals surface area contributed by atoms with Crippen molar-refractivity contribution in [1.29, 1.82) is 0 Å². The fourth-order valence-electron chi connectivity index (χ4n) is 4.01. The number of carbonyl (C=O) groups excluding carboxylic acids is 2. The highest BCUT2D eigenvalue weighted by Gasteiger charge is 2.46. The minimum atomic E-state index is -0.801. The lowest BCUT2D eigenvalue weighted by Crippen LogP contribution is -2.35. The van der Waals surface area contributed by atoms with Gasteiger partial charge < -0.3 is 29.1 Å². The number of aliphatic hydroxyl groups is 1. The molecule has 1 saturated heterocycles. The number of likely N-dealkylation sites (tertiary alicyclic amines) is 1. The molecule has 8 heteroatoms. The predicted octanol–water partition coefficient (Wildman–Crippen LogP) is 3.47. The number of hydrogen-bond donors (Lipinski definition) is 1. The molecule has 1 unspecified atom stereocenters. The van der Waals surface area contributed by atoms with Gasteiger partial charge in [-0.25, -0.2) is 0 Å². The van der Waals surface area contributed by atoms with Gasteiger partial charge in [0.2, 0.25) is 0 Å². The topological polar surface area (TPSA) is 88.5 Å². The van der Waals surface area contributed by atoms with E-state index in [1.54, 1.807) is 24.3 Å². The van der Waals surface area contributed by atoms with Crippen LogP contribution in [-0.4, -0.2) is 74.1 Å². The number of aliphatic hydroxyl groups excluding tert-OH is 1. The van der Waals surface area contributed by atoms with Crippen LogP contribution in [0.1, 0.15) is 31.0 Å². The second kappa shape index (κ2) is 10.6. The van der Waals surface area contributed by atoms with Crippen LogP contribution in [0.25, 0.3) is 5.76 Å². The van der Waals surface area contributed by atoms with Gasteiger partial charge in [0, 0.05) is 13.1 Å². The Kier molecular flexibility index (Phi) is 7.83. The fraction of sp³-hybridized carbons (Fsp3) is 0.385. The van der Waals surface area contributed by atoms with Crippen LogP contribution in [0, 0.1) is 0 Å². The third-order valence-electron chi connectivity index (χ3n) is 5.54. The van der Waals surface area contributed by atoms with Crippen LogP contribution in [0.5, 0.6) is 17.2 Å². The summed E-state index contributed by atoms with van der Waals surface area (Å²) in [5.74, 6) is -0.512. The summed E-state index contributed by atoms with van der Waals surface area (Å²) < 4.78 is 16.7. The van der Waals surface area contributed by atoms with Crippen molar-refractivity contribution in [2.75, 3.05) is 41.4 Å². The van der Waals surface area contributed by atoms with Crippen LogP contribution in [0.2, 0.25) is 0 Å². The normalized spacial score (nSPS) is 17.5. The minimum absolute atomic E-state index is 0.0201. The van der Waals surface area contributed by atoms with Crippen molar-refractivity contribution in [2.45, 2.75) is 26.0 Å². The Morgan fingerprint density at radius 2 is 1.68 bits per heavy atom. The van der Waals surface area contributed by atoms with Crippen molar-refractivity contribution >= 4 is 17.4 Å². The van der Waals surface area contributed by atoms with Crippen molar-refractivity contribution in [3.8, 4) is 17.2 Å². The highest BCUT2D eigenvalue weighted by molar-refractivity contribution is 6.46. The maximum atomic E-state index is 13.3. The Hall–Kier alpha value is -3.52. The average molecular weight is 469 g/mol. The first-order chi connectivity index (χ1) is 16.2.